The predicted octanol–water partition coefficient (Wildman–Crippen LogP) is 3.76. The number of benzene rings is 1. The van der Waals surface area contributed by atoms with Crippen molar-refractivity contribution in [2.45, 2.75) is 13.0 Å². The van der Waals surface area contributed by atoms with E-state index in [1.54, 1.807) is 11.3 Å². The molecule has 0 bridgehead atoms. The third-order valence-electron chi connectivity index (χ3n) is 2.70. The van der Waals surface area contributed by atoms with Gasteiger partial charge in [0.05, 0.1) is 0 Å². The monoisotopic (exact) mass is 283 g/mol. The van der Waals surface area contributed by atoms with Crippen molar-refractivity contribution >= 4 is 11.3 Å². The van der Waals surface area contributed by atoms with Gasteiger partial charge in [-0.3, -0.25) is 0 Å². The lowest BCUT2D eigenvalue weighted by atomic mass is 10.3. The first kappa shape index (κ1) is 14.0. The summed E-state index contributed by atoms with van der Waals surface area (Å²) in [6.07, 6.45) is 0. The van der Waals surface area contributed by atoms with Crippen LogP contribution in [0.15, 0.2) is 35.7 Å². The van der Waals surface area contributed by atoms with Gasteiger partial charge < -0.3 is 10.1 Å². The van der Waals surface area contributed by atoms with Crippen LogP contribution in [-0.4, -0.2) is 13.2 Å². The van der Waals surface area contributed by atoms with Crippen LogP contribution in [0.1, 0.15) is 17.8 Å². The smallest absolute Gasteiger partial charge is 0.200 e. The van der Waals surface area contributed by atoms with Crippen LogP contribution < -0.4 is 10.1 Å². The predicted molar refractivity (Wildman–Crippen MR) is 72.6 cm³/mol. The summed E-state index contributed by atoms with van der Waals surface area (Å²) in [5.74, 6) is -1.88. The maximum Gasteiger partial charge on any atom is 0.200 e. The molecule has 1 aromatic heterocycles. The van der Waals surface area contributed by atoms with Gasteiger partial charge in [-0.15, -0.1) is 11.3 Å². The number of hydrogen-bond acceptors (Lipinski definition) is 3. The fourth-order valence-corrected chi connectivity index (χ4v) is 2.43. The Morgan fingerprint density at radius 1 is 1.26 bits per heavy atom. The van der Waals surface area contributed by atoms with Crippen LogP contribution in [0.5, 0.6) is 5.75 Å². The molecular weight excluding hydrogens is 268 g/mol. The lowest BCUT2D eigenvalue weighted by Crippen LogP contribution is -2.24. The minimum Gasteiger partial charge on any atom is -0.489 e. The van der Waals surface area contributed by atoms with Crippen molar-refractivity contribution in [3.05, 3.63) is 52.2 Å². The number of halogens is 2. The molecule has 19 heavy (non-hydrogen) atoms. The minimum absolute atomic E-state index is 0.0504. The zero-order chi connectivity index (χ0) is 13.7. The first-order valence-electron chi connectivity index (χ1n) is 6.02. The van der Waals surface area contributed by atoms with E-state index in [-0.39, 0.29) is 18.4 Å². The van der Waals surface area contributed by atoms with E-state index in [9.17, 15) is 8.78 Å². The molecule has 102 valence electrons. The summed E-state index contributed by atoms with van der Waals surface area (Å²) in [7, 11) is 0. The second-order valence-electron chi connectivity index (χ2n) is 4.09. The average molecular weight is 283 g/mol. The summed E-state index contributed by atoms with van der Waals surface area (Å²) in [6, 6.07) is 8.18. The lowest BCUT2D eigenvalue weighted by Gasteiger charge is -2.13. The Morgan fingerprint density at radius 3 is 2.84 bits per heavy atom. The zero-order valence-corrected chi connectivity index (χ0v) is 11.3. The van der Waals surface area contributed by atoms with Gasteiger partial charge >= 0.3 is 0 Å². The molecule has 0 saturated heterocycles. The van der Waals surface area contributed by atoms with E-state index >= 15 is 0 Å². The van der Waals surface area contributed by atoms with Crippen LogP contribution in [0.2, 0.25) is 0 Å². The van der Waals surface area contributed by atoms with Crippen LogP contribution in [0.4, 0.5) is 8.78 Å². The van der Waals surface area contributed by atoms with Gasteiger partial charge in [-0.05, 0) is 30.5 Å². The standard InChI is InChI=1S/C14H15F2NOS/c1-10(13-6-3-9-19-13)17-7-8-18-12-5-2-4-11(15)14(12)16/h2-6,9-10,17H,7-8H2,1H3. The second kappa shape index (κ2) is 6.63. The van der Waals surface area contributed by atoms with Crippen LogP contribution in [0.25, 0.3) is 0 Å². The van der Waals surface area contributed by atoms with Crippen molar-refractivity contribution in [2.75, 3.05) is 13.2 Å². The molecule has 1 N–H and O–H groups in total. The lowest BCUT2D eigenvalue weighted by molar-refractivity contribution is 0.288. The number of hydrogen-bond donors (Lipinski definition) is 1. The first-order valence-corrected chi connectivity index (χ1v) is 6.90. The Bertz CT molecular complexity index is 516. The molecule has 0 aliphatic carbocycles. The van der Waals surface area contributed by atoms with Crippen molar-refractivity contribution < 1.29 is 13.5 Å². The molecule has 2 aromatic rings. The summed E-state index contributed by atoms with van der Waals surface area (Å²) in [4.78, 5) is 1.23. The molecule has 0 aliphatic heterocycles. The minimum atomic E-state index is -0.936. The molecule has 5 heteroatoms. The summed E-state index contributed by atoms with van der Waals surface area (Å²) >= 11 is 1.68. The fraction of sp³-hybridized carbons (Fsp3) is 0.286. The largest absolute Gasteiger partial charge is 0.489 e. The Kier molecular flexibility index (Phi) is 4.87. The number of ether oxygens (including phenoxy) is 1. The second-order valence-corrected chi connectivity index (χ2v) is 5.07. The maximum atomic E-state index is 13.3. The fourth-order valence-electron chi connectivity index (χ4n) is 1.67. The normalized spacial score (nSPS) is 12.4. The topological polar surface area (TPSA) is 21.3 Å². The molecule has 2 rings (SSSR count). The van der Waals surface area contributed by atoms with E-state index in [1.165, 1.54) is 17.0 Å². The van der Waals surface area contributed by atoms with E-state index in [2.05, 4.69) is 18.3 Å². The van der Waals surface area contributed by atoms with Crippen LogP contribution in [0, 0.1) is 11.6 Å². The molecule has 1 heterocycles. The third kappa shape index (κ3) is 3.75. The third-order valence-corrected chi connectivity index (χ3v) is 3.75. The summed E-state index contributed by atoms with van der Waals surface area (Å²) in [6.45, 7) is 2.90. The van der Waals surface area contributed by atoms with Gasteiger partial charge in [0.25, 0.3) is 0 Å². The SMILES string of the molecule is CC(NCCOc1cccc(F)c1F)c1cccs1. The van der Waals surface area contributed by atoms with Gasteiger partial charge in [0.15, 0.2) is 11.6 Å². The highest BCUT2D eigenvalue weighted by atomic mass is 32.1. The Morgan fingerprint density at radius 2 is 2.11 bits per heavy atom. The number of nitrogens with one attached hydrogen (secondary N) is 1. The number of rotatable bonds is 6. The van der Waals surface area contributed by atoms with Crippen molar-refractivity contribution in [3.63, 3.8) is 0 Å². The molecule has 1 aromatic carbocycles. The van der Waals surface area contributed by atoms with E-state index < -0.39 is 11.6 Å². The van der Waals surface area contributed by atoms with Gasteiger partial charge in [-0.25, -0.2) is 4.39 Å². The van der Waals surface area contributed by atoms with E-state index in [4.69, 9.17) is 4.74 Å². The zero-order valence-electron chi connectivity index (χ0n) is 10.5. The molecule has 0 saturated carbocycles. The average Bonchev–Trinajstić information content (AvgIpc) is 2.93. The number of thiophene rings is 1. The van der Waals surface area contributed by atoms with Gasteiger partial charge in [0, 0.05) is 17.5 Å². The molecule has 0 spiro atoms. The van der Waals surface area contributed by atoms with Crippen molar-refractivity contribution in [2.24, 2.45) is 0 Å². The highest BCUT2D eigenvalue weighted by Crippen LogP contribution is 2.19. The highest BCUT2D eigenvalue weighted by molar-refractivity contribution is 7.10. The van der Waals surface area contributed by atoms with Crippen molar-refractivity contribution in [1.82, 2.24) is 5.32 Å². The molecule has 2 nitrogen and oxygen atoms in total. The Hall–Kier alpha value is -1.46. The van der Waals surface area contributed by atoms with Crippen LogP contribution >= 0.6 is 11.3 Å². The van der Waals surface area contributed by atoms with Gasteiger partial charge in [0.1, 0.15) is 6.61 Å². The molecular formula is C14H15F2NOS. The van der Waals surface area contributed by atoms with Gasteiger partial charge in [-0.1, -0.05) is 12.1 Å². The molecule has 0 aliphatic rings. The van der Waals surface area contributed by atoms with Crippen molar-refractivity contribution in [1.29, 1.82) is 0 Å². The Labute approximate surface area is 115 Å². The summed E-state index contributed by atoms with van der Waals surface area (Å²) < 4.78 is 31.4. The van der Waals surface area contributed by atoms with Crippen LogP contribution in [0.3, 0.4) is 0 Å². The van der Waals surface area contributed by atoms with E-state index in [0.29, 0.717) is 6.54 Å². The van der Waals surface area contributed by atoms with Gasteiger partial charge in [-0.2, -0.15) is 4.39 Å². The van der Waals surface area contributed by atoms with Crippen molar-refractivity contribution in [3.8, 4) is 5.75 Å². The quantitative estimate of drug-likeness (QED) is 0.815. The maximum absolute atomic E-state index is 13.3. The van der Waals surface area contributed by atoms with Gasteiger partial charge in [0.2, 0.25) is 5.82 Å². The summed E-state index contributed by atoms with van der Waals surface area (Å²) in [5, 5.41) is 5.28. The molecule has 0 fully saturated rings. The molecule has 0 amide bonds. The Balaban J connectivity index is 1.76. The van der Waals surface area contributed by atoms with Crippen LogP contribution in [-0.2, 0) is 0 Å². The molecule has 1 unspecified atom stereocenters. The molecule has 1 atom stereocenters. The highest BCUT2D eigenvalue weighted by Gasteiger charge is 2.09. The van der Waals surface area contributed by atoms with E-state index in [1.807, 2.05) is 11.4 Å². The summed E-state index contributed by atoms with van der Waals surface area (Å²) in [5.41, 5.74) is 0. The van der Waals surface area contributed by atoms with E-state index in [0.717, 1.165) is 6.07 Å². The first-order chi connectivity index (χ1) is 9.18. The molecule has 0 radical (unpaired) electrons.